The molecule has 0 aromatic carbocycles. The predicted molar refractivity (Wildman–Crippen MR) is 52.7 cm³/mol. The Kier molecular flexibility index (Phi) is 6.30. The smallest absolute Gasteiger partial charge is 0.0297 e. The molecule has 0 heteroatoms. The second-order valence-corrected chi connectivity index (χ2v) is 3.60. The van der Waals surface area contributed by atoms with Crippen molar-refractivity contribution in [3.8, 4) is 0 Å². The maximum atomic E-state index is 4.07. The average Bonchev–Trinajstić information content (AvgIpc) is 1.87. The third kappa shape index (κ3) is 6.15. The zero-order valence-electron chi connectivity index (χ0n) is 8.32. The highest BCUT2D eigenvalue weighted by molar-refractivity contribution is 4.94. The first-order chi connectivity index (χ1) is 5.20. The molecule has 0 heterocycles. The lowest BCUT2D eigenvalue weighted by atomic mass is 9.96. The Morgan fingerprint density at radius 3 is 2.36 bits per heavy atom. The van der Waals surface area contributed by atoms with Crippen LogP contribution in [0.25, 0.3) is 0 Å². The molecule has 0 N–H and O–H groups in total. The second kappa shape index (κ2) is 6.45. The molecule has 0 radical (unpaired) electrons. The molecule has 0 aliphatic heterocycles. The number of hydrogen-bond donors (Lipinski definition) is 0. The van der Waals surface area contributed by atoms with E-state index in [0.717, 1.165) is 5.92 Å². The predicted octanol–water partition coefficient (Wildman–Crippen LogP) is 4.17. The van der Waals surface area contributed by atoms with Crippen molar-refractivity contribution in [1.29, 1.82) is 0 Å². The standard InChI is InChI=1S/C11H22/c1-5-7-10(3)9-11(4)8-6-2/h11H,3,5-9H2,1-2,4H3. The van der Waals surface area contributed by atoms with Gasteiger partial charge >= 0.3 is 0 Å². The van der Waals surface area contributed by atoms with Crippen molar-refractivity contribution in [2.24, 2.45) is 5.92 Å². The second-order valence-electron chi connectivity index (χ2n) is 3.60. The molecule has 0 aliphatic rings. The van der Waals surface area contributed by atoms with Gasteiger partial charge in [-0.05, 0) is 18.8 Å². The fraction of sp³-hybridized carbons (Fsp3) is 0.818. The van der Waals surface area contributed by atoms with Gasteiger partial charge in [0.25, 0.3) is 0 Å². The van der Waals surface area contributed by atoms with E-state index in [4.69, 9.17) is 0 Å². The van der Waals surface area contributed by atoms with E-state index in [0.29, 0.717) is 0 Å². The van der Waals surface area contributed by atoms with Crippen molar-refractivity contribution < 1.29 is 0 Å². The van der Waals surface area contributed by atoms with Crippen LogP contribution in [0.2, 0.25) is 0 Å². The molecule has 0 bridgehead atoms. The van der Waals surface area contributed by atoms with Gasteiger partial charge in [0.2, 0.25) is 0 Å². The molecule has 11 heavy (non-hydrogen) atoms. The summed E-state index contributed by atoms with van der Waals surface area (Å²) in [6.45, 7) is 10.9. The van der Waals surface area contributed by atoms with Gasteiger partial charge in [-0.15, -0.1) is 0 Å². The van der Waals surface area contributed by atoms with E-state index >= 15 is 0 Å². The minimum Gasteiger partial charge on any atom is -0.0999 e. The molecule has 1 atom stereocenters. The quantitative estimate of drug-likeness (QED) is 0.504. The summed E-state index contributed by atoms with van der Waals surface area (Å²) in [6.07, 6.45) is 6.36. The van der Waals surface area contributed by atoms with E-state index in [1.54, 1.807) is 0 Å². The zero-order valence-corrected chi connectivity index (χ0v) is 8.32. The zero-order chi connectivity index (χ0) is 8.69. The van der Waals surface area contributed by atoms with Crippen LogP contribution in [0, 0.1) is 5.92 Å². The van der Waals surface area contributed by atoms with Gasteiger partial charge in [0.05, 0.1) is 0 Å². The van der Waals surface area contributed by atoms with Gasteiger partial charge in [0.1, 0.15) is 0 Å². The van der Waals surface area contributed by atoms with Crippen LogP contribution in [-0.2, 0) is 0 Å². The van der Waals surface area contributed by atoms with Gasteiger partial charge in [-0.1, -0.05) is 52.2 Å². The van der Waals surface area contributed by atoms with Crippen molar-refractivity contribution in [1.82, 2.24) is 0 Å². The molecular formula is C11H22. The highest BCUT2D eigenvalue weighted by Crippen LogP contribution is 2.17. The van der Waals surface area contributed by atoms with Gasteiger partial charge in [0.15, 0.2) is 0 Å². The fourth-order valence-electron chi connectivity index (χ4n) is 1.54. The Bertz CT molecular complexity index is 103. The van der Waals surface area contributed by atoms with E-state index in [1.165, 1.54) is 37.7 Å². The maximum Gasteiger partial charge on any atom is -0.0297 e. The highest BCUT2D eigenvalue weighted by atomic mass is 14.1. The SMILES string of the molecule is C=C(CCC)CC(C)CCC. The first kappa shape index (κ1) is 10.7. The van der Waals surface area contributed by atoms with Gasteiger partial charge < -0.3 is 0 Å². The summed E-state index contributed by atoms with van der Waals surface area (Å²) in [7, 11) is 0. The van der Waals surface area contributed by atoms with Crippen LogP contribution in [0.4, 0.5) is 0 Å². The molecule has 0 saturated carbocycles. The highest BCUT2D eigenvalue weighted by Gasteiger charge is 2.01. The third-order valence-corrected chi connectivity index (χ3v) is 2.02. The van der Waals surface area contributed by atoms with Crippen LogP contribution in [0.15, 0.2) is 12.2 Å². The summed E-state index contributed by atoms with van der Waals surface area (Å²) in [5.41, 5.74) is 1.44. The lowest BCUT2D eigenvalue weighted by Gasteiger charge is -2.10. The molecule has 66 valence electrons. The summed E-state index contributed by atoms with van der Waals surface area (Å²) >= 11 is 0. The lowest BCUT2D eigenvalue weighted by molar-refractivity contribution is 0.513. The van der Waals surface area contributed by atoms with Crippen molar-refractivity contribution >= 4 is 0 Å². The molecule has 1 unspecified atom stereocenters. The van der Waals surface area contributed by atoms with E-state index in [2.05, 4.69) is 27.4 Å². The van der Waals surface area contributed by atoms with Gasteiger partial charge in [-0.25, -0.2) is 0 Å². The number of rotatable bonds is 6. The van der Waals surface area contributed by atoms with Gasteiger partial charge in [-0.3, -0.25) is 0 Å². The molecule has 0 rings (SSSR count). The molecule has 0 aromatic rings. The Morgan fingerprint density at radius 1 is 1.27 bits per heavy atom. The molecular weight excluding hydrogens is 132 g/mol. The van der Waals surface area contributed by atoms with E-state index in [1.807, 2.05) is 0 Å². The number of hydrogen-bond acceptors (Lipinski definition) is 0. The van der Waals surface area contributed by atoms with Crippen LogP contribution in [-0.4, -0.2) is 0 Å². The fourth-order valence-corrected chi connectivity index (χ4v) is 1.54. The average molecular weight is 154 g/mol. The summed E-state index contributed by atoms with van der Waals surface area (Å²) in [6, 6.07) is 0. The third-order valence-electron chi connectivity index (χ3n) is 2.02. The topological polar surface area (TPSA) is 0 Å². The van der Waals surface area contributed by atoms with Crippen LogP contribution < -0.4 is 0 Å². The van der Waals surface area contributed by atoms with Crippen molar-refractivity contribution in [3.05, 3.63) is 12.2 Å². The minimum absolute atomic E-state index is 0.846. The van der Waals surface area contributed by atoms with Crippen molar-refractivity contribution in [2.45, 2.75) is 52.9 Å². The number of allylic oxidation sites excluding steroid dienone is 1. The van der Waals surface area contributed by atoms with Gasteiger partial charge in [-0.2, -0.15) is 0 Å². The Labute approximate surface area is 71.7 Å². The molecule has 0 fully saturated rings. The van der Waals surface area contributed by atoms with E-state index < -0.39 is 0 Å². The Morgan fingerprint density at radius 2 is 1.91 bits per heavy atom. The van der Waals surface area contributed by atoms with Gasteiger partial charge in [0, 0.05) is 0 Å². The van der Waals surface area contributed by atoms with Crippen molar-refractivity contribution in [2.75, 3.05) is 0 Å². The monoisotopic (exact) mass is 154 g/mol. The largest absolute Gasteiger partial charge is 0.0999 e. The summed E-state index contributed by atoms with van der Waals surface area (Å²) in [5.74, 6) is 0.846. The summed E-state index contributed by atoms with van der Waals surface area (Å²) in [5, 5.41) is 0. The normalized spacial score (nSPS) is 13.0. The molecule has 0 amide bonds. The van der Waals surface area contributed by atoms with Crippen molar-refractivity contribution in [3.63, 3.8) is 0 Å². The van der Waals surface area contributed by atoms with E-state index in [-0.39, 0.29) is 0 Å². The molecule has 0 aliphatic carbocycles. The van der Waals surface area contributed by atoms with Crippen LogP contribution in [0.1, 0.15) is 52.9 Å². The Balaban J connectivity index is 3.40. The molecule has 0 aromatic heterocycles. The lowest BCUT2D eigenvalue weighted by Crippen LogP contribution is -1.95. The van der Waals surface area contributed by atoms with E-state index in [9.17, 15) is 0 Å². The molecule has 0 saturated heterocycles. The van der Waals surface area contributed by atoms with Crippen LogP contribution in [0.3, 0.4) is 0 Å². The van der Waals surface area contributed by atoms with Crippen LogP contribution >= 0.6 is 0 Å². The first-order valence-electron chi connectivity index (χ1n) is 4.87. The minimum atomic E-state index is 0.846. The summed E-state index contributed by atoms with van der Waals surface area (Å²) in [4.78, 5) is 0. The summed E-state index contributed by atoms with van der Waals surface area (Å²) < 4.78 is 0. The Hall–Kier alpha value is -0.260. The van der Waals surface area contributed by atoms with Crippen LogP contribution in [0.5, 0.6) is 0 Å². The molecule has 0 nitrogen and oxygen atoms in total. The first-order valence-corrected chi connectivity index (χ1v) is 4.87. The molecule has 0 spiro atoms. The maximum absolute atomic E-state index is 4.07.